The van der Waals surface area contributed by atoms with Gasteiger partial charge in [-0.3, -0.25) is 0 Å². The van der Waals surface area contributed by atoms with Crippen LogP contribution in [0.25, 0.3) is 0 Å². The summed E-state index contributed by atoms with van der Waals surface area (Å²) >= 11 is 16.8. The molecular formula is C11H8BrCl2N3S. The molecule has 0 saturated carbocycles. The molecule has 0 spiro atoms. The van der Waals surface area contributed by atoms with Crippen LogP contribution in [0.2, 0.25) is 10.2 Å². The van der Waals surface area contributed by atoms with E-state index in [1.165, 1.54) is 11.8 Å². The molecule has 7 heteroatoms. The fraction of sp³-hybridized carbons (Fsp3) is 0.0909. The Morgan fingerprint density at radius 1 is 1.22 bits per heavy atom. The zero-order valence-electron chi connectivity index (χ0n) is 9.25. The van der Waals surface area contributed by atoms with Crippen LogP contribution in [0.5, 0.6) is 0 Å². The molecule has 0 aliphatic rings. The van der Waals surface area contributed by atoms with E-state index in [1.807, 2.05) is 18.4 Å². The third kappa shape index (κ3) is 3.51. The summed E-state index contributed by atoms with van der Waals surface area (Å²) in [6.45, 7) is 0. The molecule has 0 radical (unpaired) electrons. The number of halogens is 3. The van der Waals surface area contributed by atoms with Gasteiger partial charge < -0.3 is 5.32 Å². The Bertz CT molecular complexity index is 580. The molecule has 0 aliphatic carbocycles. The SMILES string of the molecule is CSc1nc(Cl)cc(Nc2cc(Br)ccc2Cl)n1. The van der Waals surface area contributed by atoms with E-state index in [4.69, 9.17) is 23.2 Å². The number of nitrogens with one attached hydrogen (secondary N) is 1. The standard InChI is InChI=1S/C11H8BrCl2N3S/c1-18-11-16-9(14)5-10(17-11)15-8-4-6(12)2-3-7(8)13/h2-5H,1H3,(H,15,16,17). The van der Waals surface area contributed by atoms with Crippen molar-refractivity contribution >= 4 is 62.4 Å². The molecule has 0 aliphatic heterocycles. The van der Waals surface area contributed by atoms with Gasteiger partial charge in [-0.2, -0.15) is 0 Å². The highest BCUT2D eigenvalue weighted by Crippen LogP contribution is 2.29. The lowest BCUT2D eigenvalue weighted by atomic mass is 10.3. The van der Waals surface area contributed by atoms with Gasteiger partial charge in [0.25, 0.3) is 0 Å². The molecule has 0 saturated heterocycles. The molecule has 1 N–H and O–H groups in total. The molecule has 0 bridgehead atoms. The van der Waals surface area contributed by atoms with Crippen LogP contribution in [0.4, 0.5) is 11.5 Å². The second kappa shape index (κ2) is 6.10. The molecule has 2 aromatic rings. The minimum atomic E-state index is 0.392. The summed E-state index contributed by atoms with van der Waals surface area (Å²) in [6, 6.07) is 7.19. The Hall–Kier alpha value is -0.490. The second-order valence-electron chi connectivity index (χ2n) is 3.31. The van der Waals surface area contributed by atoms with Gasteiger partial charge in [-0.1, -0.05) is 50.9 Å². The summed E-state index contributed by atoms with van der Waals surface area (Å²) in [6.07, 6.45) is 1.89. The Morgan fingerprint density at radius 3 is 2.72 bits per heavy atom. The molecule has 3 nitrogen and oxygen atoms in total. The van der Waals surface area contributed by atoms with Crippen molar-refractivity contribution in [3.05, 3.63) is 38.9 Å². The molecule has 94 valence electrons. The lowest BCUT2D eigenvalue weighted by Crippen LogP contribution is -1.97. The monoisotopic (exact) mass is 363 g/mol. The number of rotatable bonds is 3. The first-order chi connectivity index (χ1) is 8.58. The van der Waals surface area contributed by atoms with Crippen LogP contribution in [-0.2, 0) is 0 Å². The molecule has 18 heavy (non-hydrogen) atoms. The molecule has 0 atom stereocenters. The maximum atomic E-state index is 6.09. The molecule has 0 fully saturated rings. The van der Waals surface area contributed by atoms with Crippen molar-refractivity contribution in [2.75, 3.05) is 11.6 Å². The lowest BCUT2D eigenvalue weighted by molar-refractivity contribution is 0.976. The average molecular weight is 365 g/mol. The van der Waals surface area contributed by atoms with Gasteiger partial charge in [0.15, 0.2) is 5.16 Å². The molecule has 1 aromatic heterocycles. The largest absolute Gasteiger partial charge is 0.339 e. The summed E-state index contributed by atoms with van der Waals surface area (Å²) < 4.78 is 0.930. The third-order valence-corrected chi connectivity index (χ3v) is 3.61. The zero-order chi connectivity index (χ0) is 13.1. The Labute approximate surface area is 127 Å². The predicted molar refractivity (Wildman–Crippen MR) is 81.3 cm³/mol. The van der Waals surface area contributed by atoms with Gasteiger partial charge in [-0.15, -0.1) is 0 Å². The maximum Gasteiger partial charge on any atom is 0.190 e. The molecule has 2 rings (SSSR count). The lowest BCUT2D eigenvalue weighted by Gasteiger charge is -2.09. The number of aromatic nitrogens is 2. The fourth-order valence-corrected chi connectivity index (χ4v) is 2.42. The highest BCUT2D eigenvalue weighted by molar-refractivity contribution is 9.10. The van der Waals surface area contributed by atoms with E-state index in [1.54, 1.807) is 12.1 Å². The number of nitrogens with zero attached hydrogens (tertiary/aromatic N) is 2. The van der Waals surface area contributed by atoms with E-state index in [2.05, 4.69) is 31.2 Å². The first-order valence-electron chi connectivity index (χ1n) is 4.89. The van der Waals surface area contributed by atoms with Gasteiger partial charge in [0.1, 0.15) is 11.0 Å². The van der Waals surface area contributed by atoms with Crippen LogP contribution in [0.1, 0.15) is 0 Å². The van der Waals surface area contributed by atoms with Crippen molar-refractivity contribution in [2.45, 2.75) is 5.16 Å². The molecule has 0 unspecified atom stereocenters. The number of anilines is 2. The van der Waals surface area contributed by atoms with Crippen molar-refractivity contribution in [3.63, 3.8) is 0 Å². The van der Waals surface area contributed by atoms with Crippen LogP contribution in [0.3, 0.4) is 0 Å². The summed E-state index contributed by atoms with van der Waals surface area (Å²) in [7, 11) is 0. The molecular weight excluding hydrogens is 357 g/mol. The maximum absolute atomic E-state index is 6.09. The van der Waals surface area contributed by atoms with Gasteiger partial charge in [-0.05, 0) is 24.5 Å². The van der Waals surface area contributed by atoms with E-state index in [-0.39, 0.29) is 0 Å². The number of hydrogen-bond donors (Lipinski definition) is 1. The normalized spacial score (nSPS) is 10.4. The van der Waals surface area contributed by atoms with E-state index < -0.39 is 0 Å². The Morgan fingerprint density at radius 2 is 2.00 bits per heavy atom. The molecule has 1 aromatic carbocycles. The predicted octanol–water partition coefficient (Wildman–Crippen LogP) is 5.01. The van der Waals surface area contributed by atoms with Crippen molar-refractivity contribution in [2.24, 2.45) is 0 Å². The molecule has 1 heterocycles. The summed E-state index contributed by atoms with van der Waals surface area (Å²) in [5.41, 5.74) is 0.757. The van der Waals surface area contributed by atoms with Gasteiger partial charge in [0, 0.05) is 10.5 Å². The van der Waals surface area contributed by atoms with Crippen LogP contribution >= 0.6 is 50.9 Å². The first kappa shape index (κ1) is 13.9. The van der Waals surface area contributed by atoms with E-state index >= 15 is 0 Å². The summed E-state index contributed by atoms with van der Waals surface area (Å²) in [4.78, 5) is 8.37. The van der Waals surface area contributed by atoms with E-state index in [0.717, 1.165) is 10.2 Å². The van der Waals surface area contributed by atoms with Crippen LogP contribution in [0.15, 0.2) is 33.9 Å². The summed E-state index contributed by atoms with van der Waals surface area (Å²) in [5, 5.41) is 4.73. The quantitative estimate of drug-likeness (QED) is 0.471. The number of thioether (sulfide) groups is 1. The van der Waals surface area contributed by atoms with Crippen LogP contribution in [-0.4, -0.2) is 16.2 Å². The number of benzene rings is 1. The summed E-state index contributed by atoms with van der Waals surface area (Å²) in [5.74, 6) is 0.611. The smallest absolute Gasteiger partial charge is 0.190 e. The molecule has 0 amide bonds. The Kier molecular flexibility index (Phi) is 4.72. The van der Waals surface area contributed by atoms with Crippen molar-refractivity contribution in [1.29, 1.82) is 0 Å². The highest BCUT2D eigenvalue weighted by atomic mass is 79.9. The van der Waals surface area contributed by atoms with Crippen LogP contribution in [0, 0.1) is 0 Å². The fourth-order valence-electron chi connectivity index (χ4n) is 1.28. The van der Waals surface area contributed by atoms with E-state index in [0.29, 0.717) is 21.2 Å². The average Bonchev–Trinajstić information content (AvgIpc) is 2.33. The number of hydrogen-bond acceptors (Lipinski definition) is 4. The first-order valence-corrected chi connectivity index (χ1v) is 7.66. The second-order valence-corrected chi connectivity index (χ2v) is 5.80. The highest BCUT2D eigenvalue weighted by Gasteiger charge is 2.06. The third-order valence-electron chi connectivity index (χ3n) is 2.05. The van der Waals surface area contributed by atoms with Gasteiger partial charge in [-0.25, -0.2) is 9.97 Å². The zero-order valence-corrected chi connectivity index (χ0v) is 13.2. The van der Waals surface area contributed by atoms with E-state index in [9.17, 15) is 0 Å². The minimum absolute atomic E-state index is 0.392. The van der Waals surface area contributed by atoms with Gasteiger partial charge in [0.2, 0.25) is 0 Å². The van der Waals surface area contributed by atoms with Crippen LogP contribution < -0.4 is 5.32 Å². The van der Waals surface area contributed by atoms with Crippen molar-refractivity contribution in [1.82, 2.24) is 9.97 Å². The topological polar surface area (TPSA) is 37.8 Å². The Balaban J connectivity index is 2.33. The van der Waals surface area contributed by atoms with Crippen molar-refractivity contribution < 1.29 is 0 Å². The van der Waals surface area contributed by atoms with Gasteiger partial charge in [0.05, 0.1) is 10.7 Å². The minimum Gasteiger partial charge on any atom is -0.339 e. The van der Waals surface area contributed by atoms with Crippen molar-refractivity contribution in [3.8, 4) is 0 Å². The van der Waals surface area contributed by atoms with Gasteiger partial charge >= 0.3 is 0 Å².